The van der Waals surface area contributed by atoms with E-state index in [1.54, 1.807) is 0 Å². The molecule has 1 aliphatic heterocycles. The maximum Gasteiger partial charge on any atom is 0.341 e. The summed E-state index contributed by atoms with van der Waals surface area (Å²) >= 11 is 0. The number of aliphatic carboxylic acids is 1. The van der Waals surface area contributed by atoms with Crippen molar-refractivity contribution in [3.8, 4) is 5.75 Å². The van der Waals surface area contributed by atoms with Gasteiger partial charge in [0.1, 0.15) is 5.75 Å². The highest BCUT2D eigenvalue weighted by Crippen LogP contribution is 2.17. The van der Waals surface area contributed by atoms with E-state index in [0.29, 0.717) is 11.3 Å². The van der Waals surface area contributed by atoms with Crippen molar-refractivity contribution in [2.75, 3.05) is 25.2 Å². The fourth-order valence-corrected chi connectivity index (χ4v) is 4.13. The van der Waals surface area contributed by atoms with Crippen LogP contribution in [0.15, 0.2) is 24.3 Å². The summed E-state index contributed by atoms with van der Waals surface area (Å²) in [6.45, 7) is -0.471. The van der Waals surface area contributed by atoms with E-state index in [9.17, 15) is 18.0 Å². The molecule has 0 bridgehead atoms. The average Bonchev–Trinajstić information content (AvgIpc) is 2.79. The number of amides is 1. The highest BCUT2D eigenvalue weighted by Gasteiger charge is 2.38. The van der Waals surface area contributed by atoms with Gasteiger partial charge in [0.15, 0.2) is 16.4 Å². The van der Waals surface area contributed by atoms with Crippen molar-refractivity contribution < 1.29 is 32.6 Å². The summed E-state index contributed by atoms with van der Waals surface area (Å²) in [5.74, 6) is -1.48. The zero-order chi connectivity index (χ0) is 17.0. The maximum atomic E-state index is 12.2. The van der Waals surface area contributed by atoms with Crippen LogP contribution < -0.4 is 10.1 Å². The number of hydrogen-bond donors (Lipinski definition) is 2. The largest absolute Gasteiger partial charge is 0.482 e. The lowest BCUT2D eigenvalue weighted by Gasteiger charge is -2.18. The van der Waals surface area contributed by atoms with Gasteiger partial charge in [-0.3, -0.25) is 4.79 Å². The topological polar surface area (TPSA) is 119 Å². The maximum absolute atomic E-state index is 12.2. The first-order valence-corrected chi connectivity index (χ1v) is 8.61. The molecule has 0 saturated carbocycles. The van der Waals surface area contributed by atoms with Crippen LogP contribution >= 0.6 is 0 Å². The quantitative estimate of drug-likeness (QED) is 0.727. The second-order valence-electron chi connectivity index (χ2n) is 5.14. The molecule has 0 spiro atoms. The molecule has 1 amide bonds. The minimum atomic E-state index is -3.22. The Bertz CT molecular complexity index is 684. The molecule has 1 fully saturated rings. The number of ether oxygens (including phenoxy) is 2. The predicted molar refractivity (Wildman–Crippen MR) is 80.3 cm³/mol. The van der Waals surface area contributed by atoms with Crippen LogP contribution in [0.3, 0.4) is 0 Å². The minimum absolute atomic E-state index is 0.115. The van der Waals surface area contributed by atoms with Crippen LogP contribution in [0.25, 0.3) is 0 Å². The number of methoxy groups -OCH3 is 1. The van der Waals surface area contributed by atoms with Crippen molar-refractivity contribution in [3.63, 3.8) is 0 Å². The van der Waals surface area contributed by atoms with Crippen LogP contribution in [0.2, 0.25) is 0 Å². The first-order valence-electron chi connectivity index (χ1n) is 6.79. The fraction of sp³-hybridized carbons (Fsp3) is 0.429. The lowest BCUT2D eigenvalue weighted by atomic mass is 10.1. The Balaban J connectivity index is 1.99. The van der Waals surface area contributed by atoms with Crippen molar-refractivity contribution in [3.05, 3.63) is 29.8 Å². The average molecular weight is 343 g/mol. The van der Waals surface area contributed by atoms with E-state index in [-0.39, 0.29) is 11.5 Å². The molecule has 0 radical (unpaired) electrons. The monoisotopic (exact) mass is 343 g/mol. The number of sulfone groups is 1. The lowest BCUT2D eigenvalue weighted by molar-refractivity contribution is -0.139. The first kappa shape index (κ1) is 17.2. The zero-order valence-electron chi connectivity index (χ0n) is 12.4. The van der Waals surface area contributed by atoms with Crippen molar-refractivity contribution in [1.82, 2.24) is 5.32 Å². The molecular formula is C14H17NO7S. The molecule has 0 aliphatic carbocycles. The molecule has 1 aliphatic rings. The van der Waals surface area contributed by atoms with Gasteiger partial charge in [-0.1, -0.05) is 0 Å². The van der Waals surface area contributed by atoms with Gasteiger partial charge in [-0.05, 0) is 24.3 Å². The van der Waals surface area contributed by atoms with Gasteiger partial charge < -0.3 is 19.9 Å². The zero-order valence-corrected chi connectivity index (χ0v) is 13.2. The summed E-state index contributed by atoms with van der Waals surface area (Å²) in [4.78, 5) is 22.6. The van der Waals surface area contributed by atoms with E-state index in [1.165, 1.54) is 31.4 Å². The number of nitrogens with one attached hydrogen (secondary N) is 1. The van der Waals surface area contributed by atoms with Crippen LogP contribution in [-0.4, -0.2) is 62.8 Å². The highest BCUT2D eigenvalue weighted by molar-refractivity contribution is 7.91. The number of benzene rings is 1. The van der Waals surface area contributed by atoms with Crippen molar-refractivity contribution in [2.24, 2.45) is 0 Å². The summed E-state index contributed by atoms with van der Waals surface area (Å²) in [5, 5.41) is 11.2. The third-order valence-corrected chi connectivity index (χ3v) is 5.10. The summed E-state index contributed by atoms with van der Waals surface area (Å²) < 4.78 is 33.3. The van der Waals surface area contributed by atoms with Crippen LogP contribution in [0.4, 0.5) is 0 Å². The first-order chi connectivity index (χ1) is 10.8. The molecule has 1 aromatic carbocycles. The number of carboxylic acid groups (broad SMARTS) is 1. The molecule has 1 heterocycles. The third kappa shape index (κ3) is 4.67. The lowest BCUT2D eigenvalue weighted by Crippen LogP contribution is -2.43. The number of carbonyl (C=O) groups is 2. The minimum Gasteiger partial charge on any atom is -0.482 e. The Morgan fingerprint density at radius 3 is 2.48 bits per heavy atom. The Morgan fingerprint density at radius 2 is 1.91 bits per heavy atom. The van der Waals surface area contributed by atoms with E-state index in [0.717, 1.165) is 0 Å². The molecular weight excluding hydrogens is 326 g/mol. The number of rotatable bonds is 6. The molecule has 9 heteroatoms. The third-order valence-electron chi connectivity index (χ3n) is 3.40. The molecule has 126 valence electrons. The van der Waals surface area contributed by atoms with Crippen molar-refractivity contribution in [1.29, 1.82) is 0 Å². The summed E-state index contributed by atoms with van der Waals surface area (Å²) in [6, 6.07) is 5.28. The van der Waals surface area contributed by atoms with E-state index < -0.39 is 40.5 Å². The Morgan fingerprint density at radius 1 is 1.26 bits per heavy atom. The van der Waals surface area contributed by atoms with E-state index >= 15 is 0 Å². The van der Waals surface area contributed by atoms with E-state index in [1.807, 2.05) is 0 Å². The van der Waals surface area contributed by atoms with Crippen molar-refractivity contribution >= 4 is 21.7 Å². The molecule has 1 aromatic rings. The predicted octanol–water partition coefficient (Wildman–Crippen LogP) is -0.308. The van der Waals surface area contributed by atoms with Gasteiger partial charge >= 0.3 is 5.97 Å². The standard InChI is InChI=1S/C14H17NO7S/c1-21-12-8-23(19,20)7-11(12)15-14(18)9-2-4-10(5-3-9)22-6-13(16)17/h2-5,11-12H,6-8H2,1H3,(H,15,18)(H,16,17). The SMILES string of the molecule is COC1CS(=O)(=O)CC1NC(=O)c1ccc(OCC(=O)O)cc1. The van der Waals surface area contributed by atoms with Crippen molar-refractivity contribution in [2.45, 2.75) is 12.1 Å². The molecule has 23 heavy (non-hydrogen) atoms. The van der Waals surface area contributed by atoms with Crippen LogP contribution in [-0.2, 0) is 19.4 Å². The number of hydrogen-bond acceptors (Lipinski definition) is 6. The Kier molecular flexibility index (Phi) is 5.22. The molecule has 2 rings (SSSR count). The van der Waals surface area contributed by atoms with E-state index in [2.05, 4.69) is 5.32 Å². The summed E-state index contributed by atoms with van der Waals surface area (Å²) in [6.07, 6.45) is -0.567. The van der Waals surface area contributed by atoms with Gasteiger partial charge in [-0.15, -0.1) is 0 Å². The normalized spacial score (nSPS) is 22.5. The number of carboxylic acids is 1. The smallest absolute Gasteiger partial charge is 0.341 e. The molecule has 1 saturated heterocycles. The van der Waals surface area contributed by atoms with Crippen LogP contribution in [0.1, 0.15) is 10.4 Å². The number of carbonyl (C=O) groups excluding carboxylic acids is 1. The molecule has 2 unspecified atom stereocenters. The summed E-state index contributed by atoms with van der Waals surface area (Å²) in [7, 11) is -1.82. The molecule has 2 N–H and O–H groups in total. The van der Waals surface area contributed by atoms with E-state index in [4.69, 9.17) is 14.6 Å². The summed E-state index contributed by atoms with van der Waals surface area (Å²) in [5.41, 5.74) is 0.312. The fourth-order valence-electron chi connectivity index (χ4n) is 2.28. The second-order valence-corrected chi connectivity index (χ2v) is 7.29. The highest BCUT2D eigenvalue weighted by atomic mass is 32.2. The second kappa shape index (κ2) is 6.97. The Labute approximate surface area is 133 Å². The van der Waals surface area contributed by atoms with Crippen LogP contribution in [0.5, 0.6) is 5.75 Å². The molecule has 8 nitrogen and oxygen atoms in total. The van der Waals surface area contributed by atoms with Gasteiger partial charge in [-0.25, -0.2) is 13.2 Å². The van der Waals surface area contributed by atoms with Crippen LogP contribution in [0, 0.1) is 0 Å². The van der Waals surface area contributed by atoms with Gasteiger partial charge in [0, 0.05) is 12.7 Å². The van der Waals surface area contributed by atoms with Gasteiger partial charge in [-0.2, -0.15) is 0 Å². The van der Waals surface area contributed by atoms with Gasteiger partial charge in [0.05, 0.1) is 23.7 Å². The molecule has 2 atom stereocenters. The Hall–Kier alpha value is -2.13. The molecule has 0 aromatic heterocycles. The van der Waals surface area contributed by atoms with Gasteiger partial charge in [0.2, 0.25) is 0 Å². The van der Waals surface area contributed by atoms with Gasteiger partial charge in [0.25, 0.3) is 5.91 Å².